The highest BCUT2D eigenvalue weighted by Gasteiger charge is 2.14. The molecule has 0 saturated heterocycles. The number of methoxy groups -OCH3 is 1. The van der Waals surface area contributed by atoms with Crippen molar-refractivity contribution in [2.45, 2.75) is 26.4 Å². The number of rotatable bonds is 7. The maximum atomic E-state index is 12.5. The molecule has 0 spiro atoms. The van der Waals surface area contributed by atoms with Crippen LogP contribution in [0.2, 0.25) is 0 Å². The summed E-state index contributed by atoms with van der Waals surface area (Å²) in [5, 5.41) is 8.50. The molecule has 0 bridgehead atoms. The zero-order valence-corrected chi connectivity index (χ0v) is 17.8. The van der Waals surface area contributed by atoms with Crippen LogP contribution in [0.25, 0.3) is 0 Å². The van der Waals surface area contributed by atoms with Gasteiger partial charge in [-0.1, -0.05) is 18.2 Å². The van der Waals surface area contributed by atoms with E-state index in [0.29, 0.717) is 17.8 Å². The quantitative estimate of drug-likeness (QED) is 0.536. The van der Waals surface area contributed by atoms with Gasteiger partial charge in [0.15, 0.2) is 0 Å². The number of pyridine rings is 1. The number of aromatic nitrogens is 1. The van der Waals surface area contributed by atoms with Crippen LogP contribution in [0.4, 0.5) is 10.5 Å². The Morgan fingerprint density at radius 3 is 2.39 bits per heavy atom. The molecule has 0 aliphatic heterocycles. The summed E-state index contributed by atoms with van der Waals surface area (Å²) in [5.41, 5.74) is 3.92. The number of nitrogens with zero attached hydrogens (tertiary/aromatic N) is 1. The molecular formula is C24H26N4O3. The largest absolute Gasteiger partial charge is 0.497 e. The molecule has 0 aliphatic rings. The van der Waals surface area contributed by atoms with Gasteiger partial charge in [0, 0.05) is 24.0 Å². The number of hydrogen-bond acceptors (Lipinski definition) is 4. The Morgan fingerprint density at radius 2 is 1.74 bits per heavy atom. The molecule has 7 nitrogen and oxygen atoms in total. The van der Waals surface area contributed by atoms with Crippen molar-refractivity contribution < 1.29 is 14.3 Å². The van der Waals surface area contributed by atoms with Crippen molar-refractivity contribution in [3.8, 4) is 5.75 Å². The number of carbonyl (C=O) groups is 2. The lowest BCUT2D eigenvalue weighted by atomic mass is 10.1. The van der Waals surface area contributed by atoms with Gasteiger partial charge in [-0.15, -0.1) is 0 Å². The first-order valence-electron chi connectivity index (χ1n) is 9.96. The first-order valence-corrected chi connectivity index (χ1v) is 9.96. The Kier molecular flexibility index (Phi) is 7.22. The van der Waals surface area contributed by atoms with Crippen LogP contribution in [-0.4, -0.2) is 24.0 Å². The Balaban J connectivity index is 1.51. The summed E-state index contributed by atoms with van der Waals surface area (Å²) in [6.45, 7) is 4.25. The van der Waals surface area contributed by atoms with Gasteiger partial charge < -0.3 is 20.7 Å². The van der Waals surface area contributed by atoms with Gasteiger partial charge in [-0.05, 0) is 67.4 Å². The monoisotopic (exact) mass is 418 g/mol. The maximum Gasteiger partial charge on any atom is 0.319 e. The molecule has 0 aliphatic carbocycles. The summed E-state index contributed by atoms with van der Waals surface area (Å²) in [6.07, 6.45) is 1.71. The van der Waals surface area contributed by atoms with E-state index in [1.165, 1.54) is 0 Å². The minimum absolute atomic E-state index is 0.201. The number of ether oxygens (including phenoxy) is 1. The van der Waals surface area contributed by atoms with E-state index in [2.05, 4.69) is 20.9 Å². The number of hydrogen-bond donors (Lipinski definition) is 3. The summed E-state index contributed by atoms with van der Waals surface area (Å²) in [4.78, 5) is 29.0. The molecule has 1 atom stereocenters. The van der Waals surface area contributed by atoms with Crippen LogP contribution in [0, 0.1) is 6.92 Å². The zero-order chi connectivity index (χ0) is 22.2. The van der Waals surface area contributed by atoms with Gasteiger partial charge in [0.1, 0.15) is 5.75 Å². The Hall–Kier alpha value is -3.87. The lowest BCUT2D eigenvalue weighted by Crippen LogP contribution is -2.28. The predicted molar refractivity (Wildman–Crippen MR) is 120 cm³/mol. The van der Waals surface area contributed by atoms with E-state index in [0.717, 1.165) is 22.6 Å². The number of carbonyl (C=O) groups excluding carboxylic acids is 2. The second-order valence-corrected chi connectivity index (χ2v) is 7.13. The number of anilines is 1. The molecule has 0 radical (unpaired) electrons. The van der Waals surface area contributed by atoms with Crippen molar-refractivity contribution >= 4 is 17.6 Å². The highest BCUT2D eigenvalue weighted by atomic mass is 16.5. The van der Waals surface area contributed by atoms with Crippen LogP contribution in [0.3, 0.4) is 0 Å². The van der Waals surface area contributed by atoms with Gasteiger partial charge in [-0.3, -0.25) is 9.78 Å². The first-order chi connectivity index (χ1) is 15.0. The van der Waals surface area contributed by atoms with E-state index in [9.17, 15) is 9.59 Å². The normalized spacial score (nSPS) is 11.3. The predicted octanol–water partition coefficient (Wildman–Crippen LogP) is 4.21. The average Bonchev–Trinajstić information content (AvgIpc) is 2.78. The summed E-state index contributed by atoms with van der Waals surface area (Å²) < 4.78 is 5.12. The molecule has 2 aromatic carbocycles. The van der Waals surface area contributed by atoms with E-state index in [1.54, 1.807) is 37.6 Å². The molecule has 1 heterocycles. The minimum atomic E-state index is -0.327. The molecule has 7 heteroatoms. The molecule has 3 amide bonds. The lowest BCUT2D eigenvalue weighted by Gasteiger charge is -2.15. The lowest BCUT2D eigenvalue weighted by molar-refractivity contribution is 0.0939. The van der Waals surface area contributed by atoms with Crippen LogP contribution >= 0.6 is 0 Å². The third kappa shape index (κ3) is 6.05. The molecule has 0 saturated carbocycles. The number of benzene rings is 2. The van der Waals surface area contributed by atoms with Crippen molar-refractivity contribution in [1.29, 1.82) is 0 Å². The van der Waals surface area contributed by atoms with Crippen LogP contribution in [0.1, 0.15) is 40.1 Å². The Bertz CT molecular complexity index is 1030. The van der Waals surface area contributed by atoms with Gasteiger partial charge in [-0.2, -0.15) is 0 Å². The van der Waals surface area contributed by atoms with Gasteiger partial charge in [0.05, 0.1) is 18.8 Å². The third-order valence-electron chi connectivity index (χ3n) is 4.82. The molecule has 160 valence electrons. The van der Waals surface area contributed by atoms with Crippen molar-refractivity contribution in [3.05, 3.63) is 89.2 Å². The average molecular weight is 418 g/mol. The van der Waals surface area contributed by atoms with Crippen molar-refractivity contribution in [1.82, 2.24) is 15.6 Å². The van der Waals surface area contributed by atoms with Crippen molar-refractivity contribution in [3.63, 3.8) is 0 Å². The topological polar surface area (TPSA) is 92.4 Å². The second-order valence-electron chi connectivity index (χ2n) is 7.13. The van der Waals surface area contributed by atoms with Gasteiger partial charge >= 0.3 is 6.03 Å². The minimum Gasteiger partial charge on any atom is -0.497 e. The fourth-order valence-electron chi connectivity index (χ4n) is 3.11. The van der Waals surface area contributed by atoms with Crippen LogP contribution in [-0.2, 0) is 6.54 Å². The molecule has 31 heavy (non-hydrogen) atoms. The molecule has 1 aromatic heterocycles. The van der Waals surface area contributed by atoms with Crippen LogP contribution < -0.4 is 20.7 Å². The van der Waals surface area contributed by atoms with Crippen LogP contribution in [0.15, 0.2) is 66.9 Å². The molecule has 3 N–H and O–H groups in total. The maximum absolute atomic E-state index is 12.5. The molecular weight excluding hydrogens is 392 g/mol. The SMILES string of the molecule is COc1ccc(CNC(=O)Nc2ccc(C(=O)NC(C)c3ncccc3C)cc2)cc1. The smallest absolute Gasteiger partial charge is 0.319 e. The summed E-state index contributed by atoms with van der Waals surface area (Å²) in [6, 6.07) is 17.5. The Morgan fingerprint density at radius 1 is 1.03 bits per heavy atom. The highest BCUT2D eigenvalue weighted by molar-refractivity contribution is 5.95. The van der Waals surface area contributed by atoms with E-state index in [-0.39, 0.29) is 18.0 Å². The number of amides is 3. The highest BCUT2D eigenvalue weighted by Crippen LogP contribution is 2.16. The van der Waals surface area contributed by atoms with E-state index in [4.69, 9.17) is 4.74 Å². The van der Waals surface area contributed by atoms with Gasteiger partial charge in [-0.25, -0.2) is 4.79 Å². The Labute approximate surface area is 181 Å². The van der Waals surface area contributed by atoms with Crippen molar-refractivity contribution in [2.24, 2.45) is 0 Å². The first kappa shape index (κ1) is 21.8. The fraction of sp³-hybridized carbons (Fsp3) is 0.208. The molecule has 3 aromatic rings. The molecule has 3 rings (SSSR count). The zero-order valence-electron chi connectivity index (χ0n) is 17.8. The molecule has 0 fully saturated rings. The van der Waals surface area contributed by atoms with Gasteiger partial charge in [0.2, 0.25) is 0 Å². The van der Waals surface area contributed by atoms with Crippen LogP contribution in [0.5, 0.6) is 5.75 Å². The van der Waals surface area contributed by atoms with E-state index >= 15 is 0 Å². The molecule has 1 unspecified atom stereocenters. The number of nitrogens with one attached hydrogen (secondary N) is 3. The summed E-state index contributed by atoms with van der Waals surface area (Å²) in [5.74, 6) is 0.565. The van der Waals surface area contributed by atoms with E-state index < -0.39 is 0 Å². The summed E-state index contributed by atoms with van der Waals surface area (Å²) in [7, 11) is 1.61. The third-order valence-corrected chi connectivity index (χ3v) is 4.82. The second kappa shape index (κ2) is 10.2. The summed E-state index contributed by atoms with van der Waals surface area (Å²) >= 11 is 0. The number of aryl methyl sites for hydroxylation is 1. The van der Waals surface area contributed by atoms with E-state index in [1.807, 2.05) is 50.2 Å². The fourth-order valence-corrected chi connectivity index (χ4v) is 3.11. The van der Waals surface area contributed by atoms with Crippen molar-refractivity contribution in [2.75, 3.05) is 12.4 Å². The standard InChI is InChI=1S/C24H26N4O3/c1-16-5-4-14-25-22(16)17(2)27-23(29)19-8-10-20(11-9-19)28-24(30)26-15-18-6-12-21(31-3)13-7-18/h4-14,17H,15H2,1-3H3,(H,27,29)(H2,26,28,30). The van der Waals surface area contributed by atoms with Gasteiger partial charge in [0.25, 0.3) is 5.91 Å². The number of urea groups is 1.